The highest BCUT2D eigenvalue weighted by Crippen LogP contribution is 2.39. The Balaban J connectivity index is 1.69. The molecule has 0 aromatic heterocycles. The van der Waals surface area contributed by atoms with Crippen molar-refractivity contribution in [3.63, 3.8) is 0 Å². The molecule has 1 atom stereocenters. The summed E-state index contributed by atoms with van der Waals surface area (Å²) in [6.07, 6.45) is 4.75. The monoisotopic (exact) mass is 356 g/mol. The first kappa shape index (κ1) is 18.9. The minimum Gasteiger partial charge on any atom is -0.342 e. The summed E-state index contributed by atoms with van der Waals surface area (Å²) < 4.78 is 0. The third-order valence-corrected chi connectivity index (χ3v) is 5.97. The number of carbonyl (C=O) groups is 2. The molecular weight excluding hydrogens is 324 g/mol. The van der Waals surface area contributed by atoms with E-state index in [-0.39, 0.29) is 11.3 Å². The zero-order chi connectivity index (χ0) is 18.7. The second-order valence-corrected chi connectivity index (χ2v) is 8.69. The molecular formula is C22H32N2O2. The molecule has 2 amide bonds. The summed E-state index contributed by atoms with van der Waals surface area (Å²) in [6.45, 7) is 9.72. The number of hydrogen-bond donors (Lipinski definition) is 0. The maximum Gasteiger partial charge on any atom is 0.253 e. The lowest BCUT2D eigenvalue weighted by atomic mass is 9.73. The van der Waals surface area contributed by atoms with Crippen molar-refractivity contribution in [2.45, 2.75) is 52.9 Å². The lowest BCUT2D eigenvalue weighted by Gasteiger charge is -2.48. The molecule has 0 aliphatic carbocycles. The SMILES string of the molecule is Cc1ccc(C(=O)N2CCC[C@@]3(CCC(=O)N(CCC(C)C)C3)C2)cc1. The van der Waals surface area contributed by atoms with Gasteiger partial charge in [0.15, 0.2) is 0 Å². The molecule has 2 heterocycles. The van der Waals surface area contributed by atoms with Crippen LogP contribution in [0.1, 0.15) is 61.9 Å². The maximum absolute atomic E-state index is 12.9. The van der Waals surface area contributed by atoms with Gasteiger partial charge in [-0.2, -0.15) is 0 Å². The average molecular weight is 357 g/mol. The number of benzene rings is 1. The van der Waals surface area contributed by atoms with Crippen molar-refractivity contribution in [1.82, 2.24) is 9.80 Å². The number of hydrogen-bond acceptors (Lipinski definition) is 2. The molecule has 1 aromatic carbocycles. The van der Waals surface area contributed by atoms with Gasteiger partial charge in [0, 0.05) is 43.6 Å². The topological polar surface area (TPSA) is 40.6 Å². The first-order chi connectivity index (χ1) is 12.4. The zero-order valence-electron chi connectivity index (χ0n) is 16.5. The van der Waals surface area contributed by atoms with E-state index in [0.29, 0.717) is 18.2 Å². The molecule has 26 heavy (non-hydrogen) atoms. The Morgan fingerprint density at radius 3 is 2.58 bits per heavy atom. The largest absolute Gasteiger partial charge is 0.342 e. The third-order valence-electron chi connectivity index (χ3n) is 5.97. The number of piperidine rings is 2. The molecule has 2 saturated heterocycles. The fourth-order valence-electron chi connectivity index (χ4n) is 4.31. The van der Waals surface area contributed by atoms with Crippen LogP contribution in [0.5, 0.6) is 0 Å². The second kappa shape index (κ2) is 7.81. The fourth-order valence-corrected chi connectivity index (χ4v) is 4.31. The van der Waals surface area contributed by atoms with Gasteiger partial charge in [0.2, 0.25) is 5.91 Å². The van der Waals surface area contributed by atoms with Gasteiger partial charge in [-0.15, -0.1) is 0 Å². The van der Waals surface area contributed by atoms with Crippen molar-refractivity contribution >= 4 is 11.8 Å². The number of carbonyl (C=O) groups excluding carboxylic acids is 2. The minimum atomic E-state index is 0.0868. The van der Waals surface area contributed by atoms with Crippen molar-refractivity contribution in [1.29, 1.82) is 0 Å². The first-order valence-corrected chi connectivity index (χ1v) is 10.0. The lowest BCUT2D eigenvalue weighted by molar-refractivity contribution is -0.139. The molecule has 2 fully saturated rings. The fraction of sp³-hybridized carbons (Fsp3) is 0.636. The van der Waals surface area contributed by atoms with Crippen LogP contribution >= 0.6 is 0 Å². The highest BCUT2D eigenvalue weighted by Gasteiger charge is 2.42. The van der Waals surface area contributed by atoms with Crippen LogP contribution in [0.15, 0.2) is 24.3 Å². The second-order valence-electron chi connectivity index (χ2n) is 8.69. The van der Waals surface area contributed by atoms with Crippen LogP contribution in [-0.4, -0.2) is 47.8 Å². The van der Waals surface area contributed by atoms with Crippen molar-refractivity contribution in [3.8, 4) is 0 Å². The van der Waals surface area contributed by atoms with Gasteiger partial charge >= 0.3 is 0 Å². The Morgan fingerprint density at radius 1 is 1.15 bits per heavy atom. The Bertz CT molecular complexity index is 653. The molecule has 0 unspecified atom stereocenters. The summed E-state index contributed by atoms with van der Waals surface area (Å²) in [5, 5.41) is 0. The smallest absolute Gasteiger partial charge is 0.253 e. The van der Waals surface area contributed by atoms with Crippen LogP contribution in [0.4, 0.5) is 0 Å². The summed E-state index contributed by atoms with van der Waals surface area (Å²) in [5.41, 5.74) is 2.03. The van der Waals surface area contributed by atoms with Crippen LogP contribution in [0, 0.1) is 18.3 Å². The number of aryl methyl sites for hydroxylation is 1. The molecule has 0 radical (unpaired) electrons. The van der Waals surface area contributed by atoms with Crippen LogP contribution in [0.2, 0.25) is 0 Å². The van der Waals surface area contributed by atoms with E-state index >= 15 is 0 Å². The quantitative estimate of drug-likeness (QED) is 0.821. The number of nitrogens with zero attached hydrogens (tertiary/aromatic N) is 2. The van der Waals surface area contributed by atoms with Crippen LogP contribution in [0.25, 0.3) is 0 Å². The van der Waals surface area contributed by atoms with Crippen molar-refractivity contribution < 1.29 is 9.59 Å². The Kier molecular flexibility index (Phi) is 5.69. The number of rotatable bonds is 4. The highest BCUT2D eigenvalue weighted by atomic mass is 16.2. The van der Waals surface area contributed by atoms with Gasteiger partial charge in [-0.3, -0.25) is 9.59 Å². The van der Waals surface area contributed by atoms with E-state index < -0.39 is 0 Å². The van der Waals surface area contributed by atoms with Gasteiger partial charge in [-0.1, -0.05) is 31.5 Å². The van der Waals surface area contributed by atoms with Gasteiger partial charge < -0.3 is 9.80 Å². The Hall–Kier alpha value is -1.84. The molecule has 0 saturated carbocycles. The van der Waals surface area contributed by atoms with Gasteiger partial charge in [0.05, 0.1) is 0 Å². The van der Waals surface area contributed by atoms with E-state index in [4.69, 9.17) is 0 Å². The molecule has 142 valence electrons. The molecule has 2 aliphatic heterocycles. The maximum atomic E-state index is 12.9. The Labute approximate surface area is 157 Å². The first-order valence-electron chi connectivity index (χ1n) is 10.0. The van der Waals surface area contributed by atoms with E-state index in [1.807, 2.05) is 36.1 Å². The van der Waals surface area contributed by atoms with Crippen molar-refractivity contribution in [2.75, 3.05) is 26.2 Å². The van der Waals surface area contributed by atoms with E-state index in [2.05, 4.69) is 18.7 Å². The van der Waals surface area contributed by atoms with E-state index in [1.54, 1.807) is 0 Å². The average Bonchev–Trinajstić information content (AvgIpc) is 2.63. The van der Waals surface area contributed by atoms with Gasteiger partial charge in [0.1, 0.15) is 0 Å². The van der Waals surface area contributed by atoms with Crippen LogP contribution in [0.3, 0.4) is 0 Å². The zero-order valence-corrected chi connectivity index (χ0v) is 16.5. The van der Waals surface area contributed by atoms with Gasteiger partial charge in [0.25, 0.3) is 5.91 Å². The molecule has 1 aromatic rings. The predicted molar refractivity (Wildman–Crippen MR) is 104 cm³/mol. The Morgan fingerprint density at radius 2 is 1.88 bits per heavy atom. The summed E-state index contributed by atoms with van der Waals surface area (Å²) >= 11 is 0. The summed E-state index contributed by atoms with van der Waals surface area (Å²) in [6, 6.07) is 7.86. The highest BCUT2D eigenvalue weighted by molar-refractivity contribution is 5.94. The summed E-state index contributed by atoms with van der Waals surface area (Å²) in [7, 11) is 0. The normalized spacial score (nSPS) is 23.8. The summed E-state index contributed by atoms with van der Waals surface area (Å²) in [4.78, 5) is 29.4. The molecule has 2 aliphatic rings. The molecule has 1 spiro atoms. The summed E-state index contributed by atoms with van der Waals surface area (Å²) in [5.74, 6) is 1.03. The van der Waals surface area contributed by atoms with Crippen molar-refractivity contribution in [3.05, 3.63) is 35.4 Å². The third kappa shape index (κ3) is 4.28. The molecule has 0 N–H and O–H groups in total. The molecule has 3 rings (SSSR count). The van der Waals surface area contributed by atoms with Gasteiger partial charge in [-0.25, -0.2) is 0 Å². The van der Waals surface area contributed by atoms with E-state index in [1.165, 1.54) is 5.56 Å². The standard InChI is InChI=1S/C22H32N2O2/c1-17(2)10-14-23-15-22(12-9-20(23)25)11-4-13-24(16-22)21(26)19-7-5-18(3)6-8-19/h5-8,17H,4,9-16H2,1-3H3/t22-/m0/s1. The van der Waals surface area contributed by atoms with Gasteiger partial charge in [-0.05, 0) is 50.7 Å². The lowest BCUT2D eigenvalue weighted by Crippen LogP contribution is -2.55. The molecule has 4 heteroatoms. The van der Waals surface area contributed by atoms with Crippen molar-refractivity contribution in [2.24, 2.45) is 11.3 Å². The van der Waals surface area contributed by atoms with Crippen LogP contribution in [-0.2, 0) is 4.79 Å². The van der Waals surface area contributed by atoms with E-state index in [9.17, 15) is 9.59 Å². The predicted octanol–water partition coefficient (Wildman–Crippen LogP) is 3.89. The molecule has 4 nitrogen and oxygen atoms in total. The van der Waals surface area contributed by atoms with Crippen LogP contribution < -0.4 is 0 Å². The minimum absolute atomic E-state index is 0.0868. The van der Waals surface area contributed by atoms with E-state index in [0.717, 1.165) is 57.4 Å². The number of amides is 2. The number of likely N-dealkylation sites (tertiary alicyclic amines) is 2. The molecule has 0 bridgehead atoms.